The van der Waals surface area contributed by atoms with Gasteiger partial charge in [-0.05, 0) is 44.2 Å². The molecule has 0 aliphatic heterocycles. The molecule has 2 aromatic heterocycles. The molecule has 0 spiro atoms. The lowest BCUT2D eigenvalue weighted by atomic mass is 10.2. The molecular formula is C22H21N5O. The summed E-state index contributed by atoms with van der Waals surface area (Å²) in [4.78, 5) is 16.5. The van der Waals surface area contributed by atoms with Crippen LogP contribution in [0.15, 0.2) is 72.1 Å². The summed E-state index contributed by atoms with van der Waals surface area (Å²) in [6.45, 7) is 4.27. The maximum atomic E-state index is 12.2. The molecule has 0 atom stereocenters. The molecule has 6 heteroatoms. The van der Waals surface area contributed by atoms with Gasteiger partial charge in [0.1, 0.15) is 6.54 Å². The number of amides is 1. The molecule has 1 N–H and O–H groups in total. The van der Waals surface area contributed by atoms with Gasteiger partial charge in [-0.15, -0.1) is 0 Å². The van der Waals surface area contributed by atoms with Crippen LogP contribution in [0.4, 0.5) is 0 Å². The van der Waals surface area contributed by atoms with Crippen molar-refractivity contribution in [3.63, 3.8) is 0 Å². The Hall–Kier alpha value is -3.67. The molecular weight excluding hydrogens is 350 g/mol. The minimum Gasteiger partial charge on any atom is -0.321 e. The second-order valence-electron chi connectivity index (χ2n) is 6.65. The molecule has 4 aromatic rings. The van der Waals surface area contributed by atoms with Crippen LogP contribution in [0.5, 0.6) is 0 Å². The molecule has 0 unspecified atom stereocenters. The van der Waals surface area contributed by atoms with Gasteiger partial charge in [-0.3, -0.25) is 4.79 Å². The first-order valence-corrected chi connectivity index (χ1v) is 9.09. The number of para-hydroxylation sites is 3. The second kappa shape index (κ2) is 7.52. The van der Waals surface area contributed by atoms with Gasteiger partial charge in [0.2, 0.25) is 0 Å². The third-order valence-corrected chi connectivity index (χ3v) is 4.72. The summed E-state index contributed by atoms with van der Waals surface area (Å²) in [7, 11) is 0. The van der Waals surface area contributed by atoms with Gasteiger partial charge in [0, 0.05) is 22.6 Å². The van der Waals surface area contributed by atoms with Gasteiger partial charge in [-0.1, -0.05) is 30.3 Å². The number of benzene rings is 2. The van der Waals surface area contributed by atoms with Crippen LogP contribution < -0.4 is 5.43 Å². The number of hydrogen-bond acceptors (Lipinski definition) is 3. The van der Waals surface area contributed by atoms with Crippen molar-refractivity contribution >= 4 is 23.2 Å². The highest BCUT2D eigenvalue weighted by molar-refractivity contribution is 5.85. The standard InChI is InChI=1S/C22H21N5O/c1-16-12-18(17(2)27(16)19-8-4-3-5-9-19)13-24-25-22(28)14-26-15-23-20-10-6-7-11-21(20)26/h3-13,15H,14H2,1-2H3,(H,25,28)/b24-13-. The van der Waals surface area contributed by atoms with E-state index < -0.39 is 0 Å². The number of hydrazone groups is 1. The van der Waals surface area contributed by atoms with Crippen LogP contribution in [-0.4, -0.2) is 26.2 Å². The van der Waals surface area contributed by atoms with E-state index in [0.29, 0.717) is 0 Å². The predicted octanol–water partition coefficient (Wildman–Crippen LogP) is 3.59. The minimum absolute atomic E-state index is 0.168. The van der Waals surface area contributed by atoms with Crippen LogP contribution >= 0.6 is 0 Å². The zero-order chi connectivity index (χ0) is 19.5. The predicted molar refractivity (Wildman–Crippen MR) is 111 cm³/mol. The highest BCUT2D eigenvalue weighted by Crippen LogP contribution is 2.19. The SMILES string of the molecule is Cc1cc(/C=N\NC(=O)Cn2cnc3ccccc32)c(C)n1-c1ccccc1. The van der Waals surface area contributed by atoms with Crippen LogP contribution in [0.25, 0.3) is 16.7 Å². The zero-order valence-electron chi connectivity index (χ0n) is 15.8. The number of rotatable bonds is 5. The summed E-state index contributed by atoms with van der Waals surface area (Å²) in [5.74, 6) is -0.198. The average Bonchev–Trinajstić information content (AvgIpc) is 3.23. The summed E-state index contributed by atoms with van der Waals surface area (Å²) in [6.07, 6.45) is 3.35. The Morgan fingerprint density at radius 3 is 2.68 bits per heavy atom. The third-order valence-electron chi connectivity index (χ3n) is 4.72. The molecule has 0 aliphatic carbocycles. The van der Waals surface area contributed by atoms with E-state index in [2.05, 4.69) is 45.2 Å². The average molecular weight is 371 g/mol. The van der Waals surface area contributed by atoms with E-state index in [4.69, 9.17) is 0 Å². The van der Waals surface area contributed by atoms with Crippen molar-refractivity contribution in [2.24, 2.45) is 5.10 Å². The topological polar surface area (TPSA) is 64.2 Å². The molecule has 2 aromatic carbocycles. The maximum Gasteiger partial charge on any atom is 0.260 e. The Labute approximate surface area is 163 Å². The molecule has 28 heavy (non-hydrogen) atoms. The van der Waals surface area contributed by atoms with Crippen molar-refractivity contribution in [3.8, 4) is 5.69 Å². The number of carbonyl (C=O) groups excluding carboxylic acids is 1. The Bertz CT molecular complexity index is 1150. The van der Waals surface area contributed by atoms with Crippen molar-refractivity contribution in [1.29, 1.82) is 0 Å². The smallest absolute Gasteiger partial charge is 0.260 e. The number of nitrogens with one attached hydrogen (secondary N) is 1. The van der Waals surface area contributed by atoms with Crippen molar-refractivity contribution in [2.45, 2.75) is 20.4 Å². The number of aromatic nitrogens is 3. The fraction of sp³-hybridized carbons (Fsp3) is 0.136. The largest absolute Gasteiger partial charge is 0.321 e. The van der Waals surface area contributed by atoms with Gasteiger partial charge >= 0.3 is 0 Å². The van der Waals surface area contributed by atoms with Crippen LogP contribution in [0.1, 0.15) is 17.0 Å². The van der Waals surface area contributed by atoms with E-state index in [1.165, 1.54) is 0 Å². The summed E-state index contributed by atoms with van der Waals surface area (Å²) >= 11 is 0. The monoisotopic (exact) mass is 371 g/mol. The Morgan fingerprint density at radius 2 is 1.86 bits per heavy atom. The van der Waals surface area contributed by atoms with Crippen LogP contribution in [0, 0.1) is 13.8 Å². The van der Waals surface area contributed by atoms with Crippen LogP contribution in [0.3, 0.4) is 0 Å². The lowest BCUT2D eigenvalue weighted by Crippen LogP contribution is -2.22. The summed E-state index contributed by atoms with van der Waals surface area (Å²) in [5, 5.41) is 4.14. The molecule has 2 heterocycles. The van der Waals surface area contributed by atoms with Gasteiger partial charge in [-0.25, -0.2) is 10.4 Å². The van der Waals surface area contributed by atoms with Crippen LogP contribution in [-0.2, 0) is 11.3 Å². The van der Waals surface area contributed by atoms with E-state index in [-0.39, 0.29) is 12.5 Å². The van der Waals surface area contributed by atoms with Crippen LogP contribution in [0.2, 0.25) is 0 Å². The highest BCUT2D eigenvalue weighted by atomic mass is 16.2. The zero-order valence-corrected chi connectivity index (χ0v) is 15.8. The summed E-state index contributed by atoms with van der Waals surface area (Å²) in [6, 6.07) is 19.9. The maximum absolute atomic E-state index is 12.2. The number of carbonyl (C=O) groups is 1. The molecule has 0 bridgehead atoms. The number of hydrogen-bond donors (Lipinski definition) is 1. The first-order valence-electron chi connectivity index (χ1n) is 9.09. The van der Waals surface area contributed by atoms with Gasteiger partial charge < -0.3 is 9.13 Å². The summed E-state index contributed by atoms with van der Waals surface area (Å²) in [5.41, 5.74) is 8.65. The van der Waals surface area contributed by atoms with E-state index in [1.54, 1.807) is 12.5 Å². The quantitative estimate of drug-likeness (QED) is 0.430. The van der Waals surface area contributed by atoms with E-state index in [9.17, 15) is 4.79 Å². The highest BCUT2D eigenvalue weighted by Gasteiger charge is 2.09. The van der Waals surface area contributed by atoms with Gasteiger partial charge in [-0.2, -0.15) is 5.10 Å². The van der Waals surface area contributed by atoms with Gasteiger partial charge in [0.05, 0.1) is 23.6 Å². The molecule has 1 amide bonds. The molecule has 0 saturated heterocycles. The first-order chi connectivity index (χ1) is 13.6. The Balaban J connectivity index is 1.46. The van der Waals surface area contributed by atoms with Gasteiger partial charge in [0.25, 0.3) is 5.91 Å². The number of fused-ring (bicyclic) bond motifs is 1. The first kappa shape index (κ1) is 17.7. The molecule has 0 fully saturated rings. The summed E-state index contributed by atoms with van der Waals surface area (Å²) < 4.78 is 3.97. The fourth-order valence-corrected chi connectivity index (χ4v) is 3.39. The molecule has 0 radical (unpaired) electrons. The van der Waals surface area contributed by atoms with E-state index in [0.717, 1.165) is 33.7 Å². The molecule has 0 saturated carbocycles. The minimum atomic E-state index is -0.198. The lowest BCUT2D eigenvalue weighted by molar-refractivity contribution is -0.121. The van der Waals surface area contributed by atoms with E-state index in [1.807, 2.05) is 54.0 Å². The second-order valence-corrected chi connectivity index (χ2v) is 6.65. The molecule has 140 valence electrons. The fourth-order valence-electron chi connectivity index (χ4n) is 3.39. The normalized spacial score (nSPS) is 11.4. The van der Waals surface area contributed by atoms with Crippen molar-refractivity contribution in [2.75, 3.05) is 0 Å². The van der Waals surface area contributed by atoms with Gasteiger partial charge in [0.15, 0.2) is 0 Å². The van der Waals surface area contributed by atoms with Crippen molar-refractivity contribution < 1.29 is 4.79 Å². The Kier molecular flexibility index (Phi) is 4.76. The molecule has 6 nitrogen and oxygen atoms in total. The Morgan fingerprint density at radius 1 is 1.11 bits per heavy atom. The van der Waals surface area contributed by atoms with Crippen molar-refractivity contribution in [3.05, 3.63) is 83.9 Å². The number of nitrogens with zero attached hydrogens (tertiary/aromatic N) is 4. The lowest BCUT2D eigenvalue weighted by Gasteiger charge is -2.09. The molecule has 4 rings (SSSR count). The molecule has 0 aliphatic rings. The number of aryl methyl sites for hydroxylation is 1. The third kappa shape index (κ3) is 3.44. The van der Waals surface area contributed by atoms with E-state index >= 15 is 0 Å². The van der Waals surface area contributed by atoms with Crippen molar-refractivity contribution in [1.82, 2.24) is 19.5 Å². The number of imidazole rings is 1.